The highest BCUT2D eigenvalue weighted by Gasteiger charge is 2.52. The van der Waals surface area contributed by atoms with Gasteiger partial charge in [-0.1, -0.05) is 18.2 Å². The highest BCUT2D eigenvalue weighted by molar-refractivity contribution is 6.15. The summed E-state index contributed by atoms with van der Waals surface area (Å²) in [5, 5.41) is 0. The Balaban J connectivity index is 1.50. The maximum Gasteiger partial charge on any atom is 0.280 e. The number of amides is 1. The molecule has 1 aromatic heterocycles. The SMILES string of the molecule is COc1cc(/C=C2\N=C3N(C)CC(C)(c4ccc(F)cc4)N3C2=O)ccc1-n1cnc(C)c1. The van der Waals surface area contributed by atoms with E-state index in [0.717, 1.165) is 22.5 Å². The van der Waals surface area contributed by atoms with E-state index in [9.17, 15) is 9.18 Å². The van der Waals surface area contributed by atoms with Crippen molar-refractivity contribution in [3.8, 4) is 11.4 Å². The van der Waals surface area contributed by atoms with E-state index in [4.69, 9.17) is 4.74 Å². The number of nitrogens with zero attached hydrogens (tertiary/aromatic N) is 5. The number of benzene rings is 2. The molecule has 0 saturated carbocycles. The van der Waals surface area contributed by atoms with Crippen molar-refractivity contribution in [2.75, 3.05) is 20.7 Å². The maximum absolute atomic E-state index is 13.5. The molecule has 1 unspecified atom stereocenters. The predicted molar refractivity (Wildman–Crippen MR) is 123 cm³/mol. The van der Waals surface area contributed by atoms with Crippen LogP contribution < -0.4 is 4.74 Å². The lowest BCUT2D eigenvalue weighted by Crippen LogP contribution is -2.44. The predicted octanol–water partition coefficient (Wildman–Crippen LogP) is 3.73. The van der Waals surface area contributed by atoms with Crippen molar-refractivity contribution < 1.29 is 13.9 Å². The van der Waals surface area contributed by atoms with Gasteiger partial charge in [-0.25, -0.2) is 14.4 Å². The van der Waals surface area contributed by atoms with Gasteiger partial charge in [-0.2, -0.15) is 0 Å². The average molecular weight is 445 g/mol. The van der Waals surface area contributed by atoms with Crippen LogP contribution >= 0.6 is 0 Å². The second kappa shape index (κ2) is 7.58. The molecule has 0 spiro atoms. The van der Waals surface area contributed by atoms with Crippen LogP contribution in [0.25, 0.3) is 11.8 Å². The number of likely N-dealkylation sites (N-methyl/N-ethyl adjacent to an activating group) is 1. The molecule has 7 nitrogen and oxygen atoms in total. The molecule has 3 heterocycles. The van der Waals surface area contributed by atoms with Gasteiger partial charge in [0.05, 0.1) is 30.4 Å². The quantitative estimate of drug-likeness (QED) is 0.574. The van der Waals surface area contributed by atoms with Crippen LogP contribution in [-0.4, -0.2) is 51.9 Å². The van der Waals surface area contributed by atoms with Crippen LogP contribution in [0.1, 0.15) is 23.7 Å². The number of methoxy groups -OCH3 is 1. The number of carbonyl (C=O) groups is 1. The second-order valence-corrected chi connectivity index (χ2v) is 8.57. The summed E-state index contributed by atoms with van der Waals surface area (Å²) in [5.74, 6) is 0.762. The standard InChI is InChI=1S/C25H24FN5O2/c1-16-13-30(15-27-16)21-10-5-17(12-22(21)33-4)11-20-23(32)31-24(28-20)29(3)14-25(31,2)18-6-8-19(26)9-7-18/h5-13,15H,14H2,1-4H3/b20-11-. The van der Waals surface area contributed by atoms with Gasteiger partial charge in [0.25, 0.3) is 5.91 Å². The van der Waals surface area contributed by atoms with Crippen LogP contribution in [0.4, 0.5) is 4.39 Å². The monoisotopic (exact) mass is 445 g/mol. The van der Waals surface area contributed by atoms with E-state index in [0.29, 0.717) is 24.0 Å². The number of hydrogen-bond acceptors (Lipinski definition) is 5. The summed E-state index contributed by atoms with van der Waals surface area (Å²) in [6.07, 6.45) is 5.42. The minimum atomic E-state index is -0.644. The van der Waals surface area contributed by atoms with Crippen molar-refractivity contribution in [1.29, 1.82) is 0 Å². The van der Waals surface area contributed by atoms with Gasteiger partial charge in [0.15, 0.2) is 0 Å². The number of hydrogen-bond donors (Lipinski definition) is 0. The molecule has 1 atom stereocenters. The first-order valence-corrected chi connectivity index (χ1v) is 10.6. The topological polar surface area (TPSA) is 63.0 Å². The molecule has 168 valence electrons. The Hall–Kier alpha value is -3.94. The number of carbonyl (C=O) groups excluding carboxylic acids is 1. The lowest BCUT2D eigenvalue weighted by molar-refractivity contribution is -0.125. The molecule has 2 aromatic carbocycles. The molecule has 1 saturated heterocycles. The molecule has 33 heavy (non-hydrogen) atoms. The van der Waals surface area contributed by atoms with E-state index in [1.54, 1.807) is 36.5 Å². The summed E-state index contributed by atoms with van der Waals surface area (Å²) >= 11 is 0. The molecule has 2 aliphatic rings. The summed E-state index contributed by atoms with van der Waals surface area (Å²) in [4.78, 5) is 26.0. The first-order chi connectivity index (χ1) is 15.8. The van der Waals surface area contributed by atoms with E-state index in [-0.39, 0.29) is 11.7 Å². The third-order valence-electron chi connectivity index (χ3n) is 6.19. The molecule has 5 rings (SSSR count). The third kappa shape index (κ3) is 3.38. The average Bonchev–Trinajstić information content (AvgIpc) is 3.44. The Kier molecular flexibility index (Phi) is 4.81. The van der Waals surface area contributed by atoms with E-state index in [1.165, 1.54) is 12.1 Å². The van der Waals surface area contributed by atoms with Crippen molar-refractivity contribution in [3.05, 3.63) is 83.3 Å². The molecule has 0 N–H and O–H groups in total. The fourth-order valence-corrected chi connectivity index (χ4v) is 4.55. The summed E-state index contributed by atoms with van der Waals surface area (Å²) in [6.45, 7) is 4.48. The normalized spacial score (nSPS) is 21.1. The van der Waals surface area contributed by atoms with E-state index < -0.39 is 5.54 Å². The van der Waals surface area contributed by atoms with Gasteiger partial charge < -0.3 is 14.2 Å². The molecule has 0 bridgehead atoms. The number of aryl methyl sites for hydroxylation is 1. The van der Waals surface area contributed by atoms with Crippen molar-refractivity contribution in [3.63, 3.8) is 0 Å². The molecule has 8 heteroatoms. The number of aromatic nitrogens is 2. The molecule has 3 aromatic rings. The molecular weight excluding hydrogens is 421 g/mol. The van der Waals surface area contributed by atoms with Gasteiger partial charge >= 0.3 is 0 Å². The minimum absolute atomic E-state index is 0.186. The van der Waals surface area contributed by atoms with Crippen LogP contribution in [0.5, 0.6) is 5.75 Å². The lowest BCUT2D eigenvalue weighted by Gasteiger charge is -2.31. The number of halogens is 1. The lowest BCUT2D eigenvalue weighted by atomic mass is 9.91. The number of ether oxygens (including phenoxy) is 1. The van der Waals surface area contributed by atoms with Crippen LogP contribution in [0.2, 0.25) is 0 Å². The fraction of sp³-hybridized carbons (Fsp3) is 0.240. The largest absolute Gasteiger partial charge is 0.495 e. The van der Waals surface area contributed by atoms with E-state index in [2.05, 4.69) is 9.98 Å². The highest BCUT2D eigenvalue weighted by atomic mass is 19.1. The number of aliphatic imine (C=N–C) groups is 1. The van der Waals surface area contributed by atoms with Crippen molar-refractivity contribution in [1.82, 2.24) is 19.4 Å². The Labute approximate surface area is 191 Å². The Morgan fingerprint density at radius 2 is 1.94 bits per heavy atom. The number of fused-ring (bicyclic) bond motifs is 1. The number of imidazole rings is 1. The Morgan fingerprint density at radius 3 is 2.61 bits per heavy atom. The zero-order valence-electron chi connectivity index (χ0n) is 18.9. The Morgan fingerprint density at radius 1 is 1.18 bits per heavy atom. The third-order valence-corrected chi connectivity index (χ3v) is 6.19. The van der Waals surface area contributed by atoms with Crippen LogP contribution in [0, 0.1) is 12.7 Å². The van der Waals surface area contributed by atoms with Crippen molar-refractivity contribution in [2.45, 2.75) is 19.4 Å². The molecule has 1 amide bonds. The summed E-state index contributed by atoms with van der Waals surface area (Å²) in [5.41, 5.74) is 3.12. The first kappa shape index (κ1) is 20.9. The first-order valence-electron chi connectivity index (χ1n) is 10.6. The van der Waals surface area contributed by atoms with Gasteiger partial charge in [0, 0.05) is 19.8 Å². The Bertz CT molecular complexity index is 1310. The fourth-order valence-electron chi connectivity index (χ4n) is 4.55. The van der Waals surface area contributed by atoms with Crippen molar-refractivity contribution >= 4 is 17.9 Å². The summed E-state index contributed by atoms with van der Waals surface area (Å²) in [7, 11) is 3.52. The maximum atomic E-state index is 13.5. The van der Waals surface area contributed by atoms with E-state index >= 15 is 0 Å². The molecular formula is C25H24FN5O2. The van der Waals surface area contributed by atoms with Crippen LogP contribution in [0.3, 0.4) is 0 Å². The molecule has 0 aliphatic carbocycles. The van der Waals surface area contributed by atoms with Gasteiger partial charge in [0.2, 0.25) is 5.96 Å². The van der Waals surface area contributed by atoms with Crippen LogP contribution in [-0.2, 0) is 10.3 Å². The highest BCUT2D eigenvalue weighted by Crippen LogP contribution is 2.40. The van der Waals surface area contributed by atoms with Gasteiger partial charge in [-0.15, -0.1) is 0 Å². The molecule has 1 fully saturated rings. The number of rotatable bonds is 4. The molecule has 2 aliphatic heterocycles. The summed E-state index contributed by atoms with van der Waals surface area (Å²) in [6, 6.07) is 12.0. The number of guanidine groups is 1. The minimum Gasteiger partial charge on any atom is -0.495 e. The van der Waals surface area contributed by atoms with E-state index in [1.807, 2.05) is 54.8 Å². The smallest absolute Gasteiger partial charge is 0.280 e. The van der Waals surface area contributed by atoms with Crippen molar-refractivity contribution in [2.24, 2.45) is 4.99 Å². The zero-order chi connectivity index (χ0) is 23.3. The van der Waals surface area contributed by atoms with Crippen LogP contribution in [0.15, 0.2) is 65.7 Å². The van der Waals surface area contributed by atoms with Gasteiger partial charge in [-0.3, -0.25) is 9.69 Å². The van der Waals surface area contributed by atoms with Gasteiger partial charge in [0.1, 0.15) is 17.3 Å². The molecule has 0 radical (unpaired) electrons. The zero-order valence-corrected chi connectivity index (χ0v) is 18.9. The second-order valence-electron chi connectivity index (χ2n) is 8.57. The van der Waals surface area contributed by atoms with Gasteiger partial charge in [-0.05, 0) is 55.3 Å². The summed E-state index contributed by atoms with van der Waals surface area (Å²) < 4.78 is 21.0.